The van der Waals surface area contributed by atoms with Crippen LogP contribution in [0, 0.1) is 12.3 Å². The number of hydrogen-bond acceptors (Lipinski definition) is 6. The molecular formula is C31H36N6O3. The van der Waals surface area contributed by atoms with Gasteiger partial charge in [-0.1, -0.05) is 20.4 Å². The van der Waals surface area contributed by atoms with Crippen LogP contribution in [0.2, 0.25) is 0 Å². The van der Waals surface area contributed by atoms with E-state index in [2.05, 4.69) is 41.0 Å². The molecule has 3 aliphatic rings. The van der Waals surface area contributed by atoms with Gasteiger partial charge in [0, 0.05) is 43.3 Å². The molecule has 9 nitrogen and oxygen atoms in total. The Morgan fingerprint density at radius 1 is 1.18 bits per heavy atom. The van der Waals surface area contributed by atoms with Crippen molar-refractivity contribution >= 4 is 23.5 Å². The fourth-order valence-electron chi connectivity index (χ4n) is 6.63. The number of aromatic nitrogens is 3. The molecule has 5 heterocycles. The Balaban J connectivity index is 1.29. The Labute approximate surface area is 234 Å². The van der Waals surface area contributed by atoms with E-state index in [1.807, 2.05) is 19.1 Å². The largest absolute Gasteiger partial charge is 0.487 e. The summed E-state index contributed by atoms with van der Waals surface area (Å²) >= 11 is 0. The second kappa shape index (κ2) is 9.80. The number of fused-ring (bicyclic) bond motifs is 3. The molecule has 0 radical (unpaired) electrons. The summed E-state index contributed by atoms with van der Waals surface area (Å²) in [6.07, 6.45) is 8.49. The number of pyridine rings is 2. The van der Waals surface area contributed by atoms with Crippen LogP contribution in [0.4, 0.5) is 11.6 Å². The average Bonchev–Trinajstić information content (AvgIpc) is 3.61. The smallest absolute Gasteiger partial charge is 0.276 e. The van der Waals surface area contributed by atoms with Crippen LogP contribution >= 0.6 is 0 Å². The summed E-state index contributed by atoms with van der Waals surface area (Å²) in [4.78, 5) is 38.5. The monoisotopic (exact) mass is 540 g/mol. The number of amides is 2. The third-order valence-electron chi connectivity index (χ3n) is 8.53. The Hall–Kier alpha value is -4.14. The van der Waals surface area contributed by atoms with E-state index in [0.717, 1.165) is 54.6 Å². The van der Waals surface area contributed by atoms with Gasteiger partial charge in [0.25, 0.3) is 5.91 Å². The molecule has 1 aliphatic carbocycles. The highest BCUT2D eigenvalue weighted by atomic mass is 16.5. The summed E-state index contributed by atoms with van der Waals surface area (Å²) in [6.45, 7) is 12.5. The lowest BCUT2D eigenvalue weighted by Crippen LogP contribution is -2.41. The Kier molecular flexibility index (Phi) is 6.40. The van der Waals surface area contributed by atoms with Gasteiger partial charge >= 0.3 is 0 Å². The van der Waals surface area contributed by atoms with Gasteiger partial charge in [-0.05, 0) is 79.0 Å². The quantitative estimate of drug-likeness (QED) is 0.470. The van der Waals surface area contributed by atoms with Crippen molar-refractivity contribution in [2.75, 3.05) is 30.3 Å². The van der Waals surface area contributed by atoms with Crippen molar-refractivity contribution in [3.05, 3.63) is 65.8 Å². The zero-order valence-electron chi connectivity index (χ0n) is 23.4. The molecule has 0 aromatic carbocycles. The van der Waals surface area contributed by atoms with Gasteiger partial charge < -0.3 is 19.9 Å². The molecule has 0 spiro atoms. The van der Waals surface area contributed by atoms with Gasteiger partial charge in [-0.3, -0.25) is 14.5 Å². The van der Waals surface area contributed by atoms with E-state index in [1.165, 1.54) is 17.3 Å². The van der Waals surface area contributed by atoms with E-state index in [0.29, 0.717) is 31.3 Å². The van der Waals surface area contributed by atoms with Gasteiger partial charge in [0.1, 0.15) is 18.1 Å². The van der Waals surface area contributed by atoms with Crippen LogP contribution in [0.15, 0.2) is 43.2 Å². The van der Waals surface area contributed by atoms with Gasteiger partial charge in [0.15, 0.2) is 11.6 Å². The molecule has 6 rings (SSSR count). The van der Waals surface area contributed by atoms with Crippen molar-refractivity contribution in [2.45, 2.75) is 59.0 Å². The first kappa shape index (κ1) is 26.1. The Morgan fingerprint density at radius 2 is 1.95 bits per heavy atom. The average molecular weight is 541 g/mol. The van der Waals surface area contributed by atoms with Crippen LogP contribution in [-0.4, -0.2) is 57.0 Å². The normalized spacial score (nSPS) is 19.5. The molecule has 1 atom stereocenters. The standard InChI is InChI=1S/C31H36N6O3/c1-5-26(38)35-12-6-7-21(35)18-40-27-23(9-10-33-28(27)32)22-8-11-34-29(19(22)2)37-14-13-36-24(30(37)39)15-20-16-31(3,4)17-25(20)36/h5,8-11,15,21H,1,6-7,12-14,16-18H2,2-4H3,(H2,32,33)/t21-/m0/s1. The molecule has 1 fully saturated rings. The topological polar surface area (TPSA) is 107 Å². The molecule has 2 amide bonds. The molecule has 40 heavy (non-hydrogen) atoms. The third-order valence-corrected chi connectivity index (χ3v) is 8.53. The van der Waals surface area contributed by atoms with E-state index in [4.69, 9.17) is 10.5 Å². The molecule has 2 N–H and O–H groups in total. The second-order valence-electron chi connectivity index (χ2n) is 11.9. The van der Waals surface area contributed by atoms with E-state index in [9.17, 15) is 9.59 Å². The number of nitrogens with zero attached hydrogens (tertiary/aromatic N) is 5. The minimum absolute atomic E-state index is 0.0230. The summed E-state index contributed by atoms with van der Waals surface area (Å²) in [5.74, 6) is 1.27. The maximum atomic E-state index is 13.7. The first-order valence-corrected chi connectivity index (χ1v) is 14.0. The number of anilines is 2. The number of ether oxygens (including phenoxy) is 1. The lowest BCUT2D eigenvalue weighted by atomic mass is 9.90. The molecule has 0 bridgehead atoms. The van der Waals surface area contributed by atoms with E-state index in [-0.39, 0.29) is 29.1 Å². The summed E-state index contributed by atoms with van der Waals surface area (Å²) in [5.41, 5.74) is 12.4. The molecule has 3 aromatic rings. The maximum absolute atomic E-state index is 13.7. The molecule has 0 saturated carbocycles. The fourth-order valence-corrected chi connectivity index (χ4v) is 6.63. The van der Waals surface area contributed by atoms with Gasteiger partial charge in [-0.25, -0.2) is 9.97 Å². The highest BCUT2D eigenvalue weighted by molar-refractivity contribution is 6.06. The SMILES string of the molecule is C=CC(=O)N1CCC[C@H]1COc1c(-c2ccnc(N3CCn4c(cc5c4CC(C)(C)C5)C3=O)c2C)ccnc1N. The van der Waals surface area contributed by atoms with Crippen molar-refractivity contribution in [1.82, 2.24) is 19.4 Å². The Bertz CT molecular complexity index is 1520. The van der Waals surface area contributed by atoms with Crippen molar-refractivity contribution < 1.29 is 14.3 Å². The number of carbonyl (C=O) groups excluding carboxylic acids is 2. The molecule has 3 aromatic heterocycles. The van der Waals surface area contributed by atoms with E-state index < -0.39 is 0 Å². The van der Waals surface area contributed by atoms with Crippen LogP contribution in [0.3, 0.4) is 0 Å². The Morgan fingerprint density at radius 3 is 2.75 bits per heavy atom. The number of rotatable bonds is 6. The van der Waals surface area contributed by atoms with Crippen LogP contribution in [0.5, 0.6) is 5.75 Å². The number of nitrogen functional groups attached to an aromatic ring is 1. The van der Waals surface area contributed by atoms with Gasteiger partial charge in [-0.2, -0.15) is 0 Å². The molecular weight excluding hydrogens is 504 g/mol. The number of likely N-dealkylation sites (tertiary alicyclic amines) is 1. The number of carbonyl (C=O) groups is 2. The highest BCUT2D eigenvalue weighted by Gasteiger charge is 2.37. The van der Waals surface area contributed by atoms with Gasteiger partial charge in [0.05, 0.1) is 6.04 Å². The number of nitrogens with two attached hydrogens (primary N) is 1. The molecule has 9 heteroatoms. The van der Waals surface area contributed by atoms with Crippen LogP contribution in [-0.2, 0) is 24.2 Å². The van der Waals surface area contributed by atoms with Crippen molar-refractivity contribution in [3.8, 4) is 16.9 Å². The predicted octanol–water partition coefficient (Wildman–Crippen LogP) is 4.18. The first-order valence-electron chi connectivity index (χ1n) is 14.0. The van der Waals surface area contributed by atoms with Gasteiger partial charge in [0.2, 0.25) is 5.91 Å². The summed E-state index contributed by atoms with van der Waals surface area (Å²) in [7, 11) is 0. The lowest BCUT2D eigenvalue weighted by molar-refractivity contribution is -0.127. The highest BCUT2D eigenvalue weighted by Crippen LogP contribution is 2.41. The molecule has 0 unspecified atom stereocenters. The summed E-state index contributed by atoms with van der Waals surface area (Å²) < 4.78 is 8.48. The van der Waals surface area contributed by atoms with Crippen molar-refractivity contribution in [2.24, 2.45) is 5.41 Å². The lowest BCUT2D eigenvalue weighted by Gasteiger charge is -2.30. The predicted molar refractivity (Wildman–Crippen MR) is 154 cm³/mol. The molecule has 208 valence electrons. The summed E-state index contributed by atoms with van der Waals surface area (Å²) in [5, 5.41) is 0. The summed E-state index contributed by atoms with van der Waals surface area (Å²) in [6, 6.07) is 5.81. The molecule has 2 aliphatic heterocycles. The second-order valence-corrected chi connectivity index (χ2v) is 11.9. The van der Waals surface area contributed by atoms with E-state index in [1.54, 1.807) is 22.2 Å². The zero-order chi connectivity index (χ0) is 28.2. The van der Waals surface area contributed by atoms with Crippen molar-refractivity contribution in [3.63, 3.8) is 0 Å². The maximum Gasteiger partial charge on any atom is 0.276 e. The third kappa shape index (κ3) is 4.33. The van der Waals surface area contributed by atoms with E-state index >= 15 is 0 Å². The van der Waals surface area contributed by atoms with Crippen LogP contribution < -0.4 is 15.4 Å². The minimum atomic E-state index is -0.0913. The first-order chi connectivity index (χ1) is 19.2. The minimum Gasteiger partial charge on any atom is -0.487 e. The number of hydrogen-bond donors (Lipinski definition) is 1. The van der Waals surface area contributed by atoms with Crippen molar-refractivity contribution in [1.29, 1.82) is 0 Å². The van der Waals surface area contributed by atoms with Crippen LogP contribution in [0.1, 0.15) is 54.0 Å². The van der Waals surface area contributed by atoms with Crippen LogP contribution in [0.25, 0.3) is 11.1 Å². The zero-order valence-corrected chi connectivity index (χ0v) is 23.4. The molecule has 1 saturated heterocycles. The van der Waals surface area contributed by atoms with Gasteiger partial charge in [-0.15, -0.1) is 0 Å². The fraction of sp³-hybridized carbons (Fsp3) is 0.419.